The number of carbonyl (C=O) groups excluding carboxylic acids is 2. The van der Waals surface area contributed by atoms with Gasteiger partial charge in [-0.15, -0.1) is 0 Å². The minimum Gasteiger partial charge on any atom is -0.394 e. The number of hydrogen-bond donors (Lipinski definition) is 20. The first-order valence-electron chi connectivity index (χ1n) is 23.1. The molecular formula is C40H68N2O31. The average Bonchev–Trinajstić information content (AvgIpc) is 3.36. The number of aliphatic hydroxyl groups is 18. The fourth-order valence-corrected chi connectivity index (χ4v) is 9.23. The van der Waals surface area contributed by atoms with Gasteiger partial charge in [0.2, 0.25) is 11.8 Å². The molecule has 33 nitrogen and oxygen atoms in total. The predicted molar refractivity (Wildman–Crippen MR) is 222 cm³/mol. The molecule has 0 aliphatic carbocycles. The molecule has 6 aliphatic heterocycles. The lowest BCUT2D eigenvalue weighted by Gasteiger charge is -2.50. The topological polar surface area (TPSA) is 524 Å². The van der Waals surface area contributed by atoms with Gasteiger partial charge in [-0.2, -0.15) is 0 Å². The third-order valence-electron chi connectivity index (χ3n) is 13.2. The van der Waals surface area contributed by atoms with E-state index in [2.05, 4.69) is 10.6 Å². The third-order valence-corrected chi connectivity index (χ3v) is 13.2. The van der Waals surface area contributed by atoms with Crippen molar-refractivity contribution >= 4 is 11.8 Å². The van der Waals surface area contributed by atoms with Crippen molar-refractivity contribution in [2.45, 2.75) is 198 Å². The van der Waals surface area contributed by atoms with Crippen LogP contribution in [0.5, 0.6) is 0 Å². The number of rotatable bonds is 18. The van der Waals surface area contributed by atoms with Crippen molar-refractivity contribution in [1.82, 2.24) is 10.6 Å². The SMILES string of the molecule is CC(=O)N[C@@H]1[C@@H](O)[C@H](O[C@@H]2O[C@H](CO)[C@@H](O[C@@H]3O[C@H](CO[C@@H]4O[C@H](CO)[C@@H](O)[C@H](O)[C@@H]4O)[C@@H](O[C@H]4O[C@H](CO)[C@@H](O[C@@H]5O[C@H](CO)[C@@H](O)[C@H](O)[C@@H]5O)[C@H](O)[C@@H]4O)[C@H](O)[C@@H]3O)[C@H](O)[C@H]2NC(C)=O)[C@@H](CO)O[C@H]1O. The molecule has 0 saturated carbocycles. The number of nitrogens with one attached hydrogen (secondary N) is 2. The smallest absolute Gasteiger partial charge is 0.217 e. The Kier molecular flexibility index (Phi) is 21.3. The highest BCUT2D eigenvalue weighted by Crippen LogP contribution is 2.36. The maximum atomic E-state index is 12.5. The van der Waals surface area contributed by atoms with E-state index in [1.54, 1.807) is 0 Å². The molecule has 0 aromatic heterocycles. The largest absolute Gasteiger partial charge is 0.394 e. The van der Waals surface area contributed by atoms with Gasteiger partial charge >= 0.3 is 0 Å². The van der Waals surface area contributed by atoms with Crippen LogP contribution in [-0.4, -0.2) is 327 Å². The Morgan fingerprint density at radius 3 is 1.12 bits per heavy atom. The van der Waals surface area contributed by atoms with E-state index in [1.807, 2.05) is 0 Å². The second-order valence-corrected chi connectivity index (χ2v) is 18.3. The number of ether oxygens (including phenoxy) is 11. The van der Waals surface area contributed by atoms with E-state index in [1.165, 1.54) is 0 Å². The molecule has 6 saturated heterocycles. The standard InChI is InChI=1S/C40H68N2O31/c1-9(48)41-17-21(52)31(13(5-45)64-35(17)62)70-36-18(42-10(2)49)22(53)32(14(6-46)67-36)71-40-30(61)26(57)34(16(69-40)8-63-37-27(58)23(54)19(50)11(3-43)65-37)73-39-29(60)25(56)33(15(7-47)68-39)72-38-28(59)24(55)20(51)12(4-44)66-38/h11-40,43-47,50-62H,3-8H2,1-2H3,(H,41,48)(H,42,49)/t11-,12-,13-,14-,15-,16-,17-,18-,19-,20-,21-,22-,23+,24+,25-,26-,27+,28+,29+,30+,31-,32-,33-,34-,35-,36+,37-,38+,39-,40+/m1/s1. The number of amides is 2. The Bertz CT molecular complexity index is 1740. The molecule has 6 fully saturated rings. The van der Waals surface area contributed by atoms with E-state index in [4.69, 9.17) is 52.1 Å². The Morgan fingerprint density at radius 2 is 0.671 bits per heavy atom. The zero-order chi connectivity index (χ0) is 53.9. The van der Waals surface area contributed by atoms with Crippen LogP contribution in [0.2, 0.25) is 0 Å². The van der Waals surface area contributed by atoms with E-state index in [9.17, 15) is 102 Å². The molecular weight excluding hydrogens is 1000 g/mol. The summed E-state index contributed by atoms with van der Waals surface area (Å²) >= 11 is 0. The van der Waals surface area contributed by atoms with Crippen LogP contribution in [-0.2, 0) is 61.7 Å². The molecule has 33 heteroatoms. The molecule has 0 aromatic rings. The predicted octanol–water partition coefficient (Wildman–Crippen LogP) is -13.8. The molecule has 20 N–H and O–H groups in total. The maximum Gasteiger partial charge on any atom is 0.217 e. The molecule has 0 spiro atoms. The Labute approximate surface area is 413 Å². The maximum absolute atomic E-state index is 12.5. The summed E-state index contributed by atoms with van der Waals surface area (Å²) in [5.41, 5.74) is 0. The molecule has 0 radical (unpaired) electrons. The molecule has 0 unspecified atom stereocenters. The number of hydrogen-bond acceptors (Lipinski definition) is 31. The van der Waals surface area contributed by atoms with Gasteiger partial charge in [-0.05, 0) is 0 Å². The van der Waals surface area contributed by atoms with Gasteiger partial charge in [0, 0.05) is 13.8 Å². The minimum atomic E-state index is -2.29. The third kappa shape index (κ3) is 13.0. The van der Waals surface area contributed by atoms with E-state index in [0.29, 0.717) is 0 Å². The van der Waals surface area contributed by atoms with E-state index >= 15 is 0 Å². The van der Waals surface area contributed by atoms with Crippen LogP contribution < -0.4 is 10.6 Å². The van der Waals surface area contributed by atoms with Gasteiger partial charge < -0.3 is 155 Å². The molecule has 6 aliphatic rings. The summed E-state index contributed by atoms with van der Waals surface area (Å²) in [6, 6.07) is -3.26. The van der Waals surface area contributed by atoms with Crippen molar-refractivity contribution in [2.24, 2.45) is 0 Å². The van der Waals surface area contributed by atoms with Crippen LogP contribution in [0.15, 0.2) is 0 Å². The van der Waals surface area contributed by atoms with E-state index in [-0.39, 0.29) is 0 Å². The molecule has 2 amide bonds. The lowest BCUT2D eigenvalue weighted by molar-refractivity contribution is -0.391. The van der Waals surface area contributed by atoms with Crippen LogP contribution in [0, 0.1) is 0 Å². The van der Waals surface area contributed by atoms with Crippen LogP contribution in [0.4, 0.5) is 0 Å². The van der Waals surface area contributed by atoms with Gasteiger partial charge in [0.15, 0.2) is 37.7 Å². The zero-order valence-electron chi connectivity index (χ0n) is 38.9. The molecule has 0 aromatic carbocycles. The Hall–Kier alpha value is -2.22. The van der Waals surface area contributed by atoms with Crippen LogP contribution in [0.25, 0.3) is 0 Å². The van der Waals surface area contributed by atoms with Crippen molar-refractivity contribution in [2.75, 3.05) is 39.6 Å². The van der Waals surface area contributed by atoms with Gasteiger partial charge in [0.1, 0.15) is 146 Å². The first-order chi connectivity index (χ1) is 34.5. The summed E-state index contributed by atoms with van der Waals surface area (Å²) in [6.07, 6.45) is -53.2. The second-order valence-electron chi connectivity index (χ2n) is 18.3. The first-order valence-corrected chi connectivity index (χ1v) is 23.1. The van der Waals surface area contributed by atoms with Crippen molar-refractivity contribution < 1.29 is 154 Å². The molecule has 30 atom stereocenters. The monoisotopic (exact) mass is 1070 g/mol. The number of aliphatic hydroxyl groups excluding tert-OH is 18. The highest BCUT2D eigenvalue weighted by Gasteiger charge is 2.57. The summed E-state index contributed by atoms with van der Waals surface area (Å²) in [5.74, 6) is -1.53. The van der Waals surface area contributed by atoms with Gasteiger partial charge in [0.05, 0.1) is 39.6 Å². The highest BCUT2D eigenvalue weighted by atomic mass is 16.8. The van der Waals surface area contributed by atoms with Crippen molar-refractivity contribution in [3.8, 4) is 0 Å². The summed E-state index contributed by atoms with van der Waals surface area (Å²) < 4.78 is 62.6. The van der Waals surface area contributed by atoms with Crippen molar-refractivity contribution in [3.63, 3.8) is 0 Å². The van der Waals surface area contributed by atoms with Gasteiger partial charge in [-0.1, -0.05) is 0 Å². The van der Waals surface area contributed by atoms with Crippen LogP contribution in [0.3, 0.4) is 0 Å². The molecule has 6 rings (SSSR count). The summed E-state index contributed by atoms with van der Waals surface area (Å²) in [7, 11) is 0. The lowest BCUT2D eigenvalue weighted by Crippen LogP contribution is -2.70. The van der Waals surface area contributed by atoms with Gasteiger partial charge in [-0.3, -0.25) is 9.59 Å². The van der Waals surface area contributed by atoms with Gasteiger partial charge in [0.25, 0.3) is 0 Å². The second kappa shape index (κ2) is 26.0. The Balaban J connectivity index is 1.24. The van der Waals surface area contributed by atoms with E-state index < -0.39 is 236 Å². The lowest BCUT2D eigenvalue weighted by atomic mass is 9.94. The van der Waals surface area contributed by atoms with Crippen molar-refractivity contribution in [3.05, 3.63) is 0 Å². The fraction of sp³-hybridized carbons (Fsp3) is 0.950. The molecule has 0 bridgehead atoms. The van der Waals surface area contributed by atoms with Crippen LogP contribution >= 0.6 is 0 Å². The average molecular weight is 1070 g/mol. The number of carbonyl (C=O) groups is 2. The molecule has 73 heavy (non-hydrogen) atoms. The summed E-state index contributed by atoms with van der Waals surface area (Å²) in [5, 5.41) is 196. The first kappa shape index (κ1) is 60.0. The van der Waals surface area contributed by atoms with E-state index in [0.717, 1.165) is 13.8 Å². The fourth-order valence-electron chi connectivity index (χ4n) is 9.23. The van der Waals surface area contributed by atoms with Gasteiger partial charge in [-0.25, -0.2) is 0 Å². The minimum absolute atomic E-state index is 0.711. The molecule has 6 heterocycles. The van der Waals surface area contributed by atoms with Crippen molar-refractivity contribution in [1.29, 1.82) is 0 Å². The highest BCUT2D eigenvalue weighted by molar-refractivity contribution is 5.73. The normalized spacial score (nSPS) is 49.8. The zero-order valence-corrected chi connectivity index (χ0v) is 38.9. The van der Waals surface area contributed by atoms with Crippen LogP contribution in [0.1, 0.15) is 13.8 Å². The quantitative estimate of drug-likeness (QED) is 0.0606. The Morgan fingerprint density at radius 1 is 0.356 bits per heavy atom. The summed E-state index contributed by atoms with van der Waals surface area (Å²) in [4.78, 5) is 24.4. The summed E-state index contributed by atoms with van der Waals surface area (Å²) in [6.45, 7) is -3.55. The molecule has 424 valence electrons.